The van der Waals surface area contributed by atoms with Crippen molar-refractivity contribution in [2.75, 3.05) is 25.5 Å². The number of aliphatic hydroxyl groups excluding tert-OH is 1. The van der Waals surface area contributed by atoms with E-state index in [1.54, 1.807) is 9.58 Å². The number of carbonyl (C=O) groups is 1. The van der Waals surface area contributed by atoms with E-state index in [-0.39, 0.29) is 30.5 Å². The summed E-state index contributed by atoms with van der Waals surface area (Å²) in [6, 6.07) is 1.85. The molecule has 0 saturated carbocycles. The molecule has 0 aromatic carbocycles. The number of carbonyl (C=O) groups excluding carboxylic acids is 1. The first-order valence-electron chi connectivity index (χ1n) is 6.80. The monoisotopic (exact) mass is 282 g/mol. The summed E-state index contributed by atoms with van der Waals surface area (Å²) < 4.78 is 1.67. The first-order chi connectivity index (χ1) is 9.15. The molecular weight excluding hydrogens is 256 g/mol. The lowest BCUT2D eigenvalue weighted by molar-refractivity contribution is -0.117. The van der Waals surface area contributed by atoms with Crippen LogP contribution in [0.5, 0.6) is 0 Å². The summed E-state index contributed by atoms with van der Waals surface area (Å²) in [4.78, 5) is 13.8. The molecule has 0 radical (unpaired) electrons. The minimum Gasteiger partial charge on any atom is -0.395 e. The SMILES string of the molecule is CC(CO)N(C)CC(=O)Nc1cc(C(C)(C)C)nn1C. The number of likely N-dealkylation sites (N-methyl/N-ethyl adjacent to an activating group) is 1. The predicted octanol–water partition coefficient (Wildman–Crippen LogP) is 0.969. The highest BCUT2D eigenvalue weighted by molar-refractivity contribution is 5.91. The number of amides is 1. The lowest BCUT2D eigenvalue weighted by Crippen LogP contribution is -2.38. The van der Waals surface area contributed by atoms with Crippen LogP contribution in [0, 0.1) is 0 Å². The predicted molar refractivity (Wildman–Crippen MR) is 79.7 cm³/mol. The third-order valence-electron chi connectivity index (χ3n) is 3.33. The normalized spacial score (nSPS) is 13.6. The molecule has 2 N–H and O–H groups in total. The number of hydrogen-bond donors (Lipinski definition) is 2. The Morgan fingerprint density at radius 2 is 2.15 bits per heavy atom. The maximum Gasteiger partial charge on any atom is 0.239 e. The molecular formula is C14H26N4O2. The van der Waals surface area contributed by atoms with E-state index in [0.717, 1.165) is 5.69 Å². The van der Waals surface area contributed by atoms with Gasteiger partial charge in [-0.3, -0.25) is 14.4 Å². The van der Waals surface area contributed by atoms with Crippen LogP contribution in [0.2, 0.25) is 0 Å². The van der Waals surface area contributed by atoms with Crippen LogP contribution in [-0.4, -0.2) is 51.9 Å². The van der Waals surface area contributed by atoms with Crippen LogP contribution in [0.1, 0.15) is 33.4 Å². The van der Waals surface area contributed by atoms with E-state index in [1.165, 1.54) is 0 Å². The highest BCUT2D eigenvalue weighted by atomic mass is 16.3. The fourth-order valence-corrected chi connectivity index (χ4v) is 1.65. The molecule has 114 valence electrons. The van der Waals surface area contributed by atoms with Crippen molar-refractivity contribution in [1.29, 1.82) is 0 Å². The van der Waals surface area contributed by atoms with Crippen LogP contribution >= 0.6 is 0 Å². The molecule has 20 heavy (non-hydrogen) atoms. The molecule has 1 atom stereocenters. The largest absolute Gasteiger partial charge is 0.395 e. The van der Waals surface area contributed by atoms with Gasteiger partial charge in [0, 0.05) is 24.6 Å². The summed E-state index contributed by atoms with van der Waals surface area (Å²) >= 11 is 0. The molecule has 1 aromatic rings. The molecule has 1 aromatic heterocycles. The van der Waals surface area contributed by atoms with Crippen molar-refractivity contribution in [1.82, 2.24) is 14.7 Å². The van der Waals surface area contributed by atoms with E-state index in [1.807, 2.05) is 27.1 Å². The van der Waals surface area contributed by atoms with Crippen LogP contribution in [0.15, 0.2) is 6.07 Å². The van der Waals surface area contributed by atoms with Gasteiger partial charge in [0.15, 0.2) is 0 Å². The van der Waals surface area contributed by atoms with Gasteiger partial charge in [-0.2, -0.15) is 5.10 Å². The molecule has 0 bridgehead atoms. The van der Waals surface area contributed by atoms with E-state index in [4.69, 9.17) is 5.11 Å². The second-order valence-corrected chi connectivity index (χ2v) is 6.28. The van der Waals surface area contributed by atoms with Crippen molar-refractivity contribution in [2.24, 2.45) is 7.05 Å². The second kappa shape index (κ2) is 6.37. The van der Waals surface area contributed by atoms with E-state index >= 15 is 0 Å². The van der Waals surface area contributed by atoms with E-state index in [0.29, 0.717) is 5.82 Å². The van der Waals surface area contributed by atoms with E-state index in [2.05, 4.69) is 31.2 Å². The molecule has 6 nitrogen and oxygen atoms in total. The Hall–Kier alpha value is -1.40. The highest BCUT2D eigenvalue weighted by Crippen LogP contribution is 2.23. The van der Waals surface area contributed by atoms with Gasteiger partial charge in [-0.05, 0) is 14.0 Å². The molecule has 1 rings (SSSR count). The molecule has 1 amide bonds. The number of nitrogens with zero attached hydrogens (tertiary/aromatic N) is 3. The van der Waals surface area contributed by atoms with Gasteiger partial charge in [-0.25, -0.2) is 0 Å². The van der Waals surface area contributed by atoms with Crippen molar-refractivity contribution < 1.29 is 9.90 Å². The maximum absolute atomic E-state index is 12.0. The van der Waals surface area contributed by atoms with Gasteiger partial charge in [-0.15, -0.1) is 0 Å². The number of anilines is 1. The Labute approximate surface area is 120 Å². The maximum atomic E-state index is 12.0. The number of aryl methyl sites for hydroxylation is 1. The molecule has 0 fully saturated rings. The van der Waals surface area contributed by atoms with Crippen molar-refractivity contribution in [3.05, 3.63) is 11.8 Å². The number of aromatic nitrogens is 2. The zero-order valence-electron chi connectivity index (χ0n) is 13.3. The molecule has 1 unspecified atom stereocenters. The van der Waals surface area contributed by atoms with Crippen LogP contribution in [-0.2, 0) is 17.3 Å². The average Bonchev–Trinajstić information content (AvgIpc) is 2.69. The van der Waals surface area contributed by atoms with Crippen molar-refractivity contribution in [3.8, 4) is 0 Å². The van der Waals surface area contributed by atoms with Gasteiger partial charge < -0.3 is 10.4 Å². The quantitative estimate of drug-likeness (QED) is 0.844. The van der Waals surface area contributed by atoms with Gasteiger partial charge in [-0.1, -0.05) is 20.8 Å². The summed E-state index contributed by atoms with van der Waals surface area (Å²) in [7, 11) is 3.62. The Morgan fingerprint density at radius 3 is 2.60 bits per heavy atom. The van der Waals surface area contributed by atoms with Gasteiger partial charge >= 0.3 is 0 Å². The summed E-state index contributed by atoms with van der Waals surface area (Å²) in [5.41, 5.74) is 0.885. The Kier molecular flexibility index (Phi) is 5.30. The molecule has 0 spiro atoms. The Bertz CT molecular complexity index is 462. The fraction of sp³-hybridized carbons (Fsp3) is 0.714. The lowest BCUT2D eigenvalue weighted by atomic mass is 9.92. The van der Waals surface area contributed by atoms with Crippen LogP contribution in [0.25, 0.3) is 0 Å². The standard InChI is InChI=1S/C14H26N4O2/c1-10(9-19)17(5)8-13(20)15-12-7-11(14(2,3)4)16-18(12)6/h7,10,19H,8-9H2,1-6H3,(H,15,20). The highest BCUT2D eigenvalue weighted by Gasteiger charge is 2.20. The third kappa shape index (κ3) is 4.31. The number of nitrogens with one attached hydrogen (secondary N) is 1. The van der Waals surface area contributed by atoms with E-state index < -0.39 is 0 Å². The van der Waals surface area contributed by atoms with Crippen LogP contribution < -0.4 is 5.32 Å². The molecule has 0 aliphatic heterocycles. The van der Waals surface area contributed by atoms with Gasteiger partial charge in [0.25, 0.3) is 0 Å². The topological polar surface area (TPSA) is 70.4 Å². The first-order valence-corrected chi connectivity index (χ1v) is 6.80. The van der Waals surface area contributed by atoms with Crippen LogP contribution in [0.3, 0.4) is 0 Å². The number of rotatable bonds is 5. The van der Waals surface area contributed by atoms with Crippen LogP contribution in [0.4, 0.5) is 5.82 Å². The summed E-state index contributed by atoms with van der Waals surface area (Å²) in [6.45, 7) is 8.38. The fourth-order valence-electron chi connectivity index (χ4n) is 1.65. The van der Waals surface area contributed by atoms with Gasteiger partial charge in [0.05, 0.1) is 18.8 Å². The summed E-state index contributed by atoms with van der Waals surface area (Å²) in [6.07, 6.45) is 0. The smallest absolute Gasteiger partial charge is 0.239 e. The first kappa shape index (κ1) is 16.7. The summed E-state index contributed by atoms with van der Waals surface area (Å²) in [5, 5.41) is 16.3. The minimum absolute atomic E-state index is 0.0314. The van der Waals surface area contributed by atoms with E-state index in [9.17, 15) is 4.79 Å². The Morgan fingerprint density at radius 1 is 1.55 bits per heavy atom. The molecule has 0 saturated heterocycles. The minimum atomic E-state index is -0.115. The zero-order chi connectivity index (χ0) is 15.5. The van der Waals surface area contributed by atoms with Crippen molar-refractivity contribution in [2.45, 2.75) is 39.2 Å². The molecule has 1 heterocycles. The Balaban J connectivity index is 2.69. The van der Waals surface area contributed by atoms with Crippen molar-refractivity contribution in [3.63, 3.8) is 0 Å². The zero-order valence-corrected chi connectivity index (χ0v) is 13.3. The number of aliphatic hydroxyl groups is 1. The molecule has 0 aliphatic carbocycles. The lowest BCUT2D eigenvalue weighted by Gasteiger charge is -2.21. The van der Waals surface area contributed by atoms with Gasteiger partial charge in [0.2, 0.25) is 5.91 Å². The third-order valence-corrected chi connectivity index (χ3v) is 3.33. The summed E-state index contributed by atoms with van der Waals surface area (Å²) in [5.74, 6) is 0.571. The number of hydrogen-bond acceptors (Lipinski definition) is 4. The molecule has 6 heteroatoms. The van der Waals surface area contributed by atoms with Crippen molar-refractivity contribution >= 4 is 11.7 Å². The average molecular weight is 282 g/mol. The van der Waals surface area contributed by atoms with Gasteiger partial charge in [0.1, 0.15) is 5.82 Å². The molecule has 0 aliphatic rings. The second-order valence-electron chi connectivity index (χ2n) is 6.28.